The van der Waals surface area contributed by atoms with Gasteiger partial charge < -0.3 is 0 Å². The maximum Gasteiger partial charge on any atom is 0.163 e. The molecule has 0 saturated carbocycles. The van der Waals surface area contributed by atoms with Crippen LogP contribution in [0.25, 0.3) is 0 Å². The number of rotatable bonds is 12. The van der Waals surface area contributed by atoms with Gasteiger partial charge in [-0.05, 0) is 17.9 Å². The van der Waals surface area contributed by atoms with E-state index < -0.39 is 0 Å². The van der Waals surface area contributed by atoms with Crippen molar-refractivity contribution in [3.05, 3.63) is 35.4 Å². The molecule has 1 rings (SSSR count). The zero-order chi connectivity index (χ0) is 18.2. The molecular formula is C21H36O3. The van der Waals surface area contributed by atoms with Gasteiger partial charge in [-0.3, -0.25) is 15.3 Å². The lowest BCUT2D eigenvalue weighted by atomic mass is 9.93. The van der Waals surface area contributed by atoms with Crippen molar-refractivity contribution in [1.29, 1.82) is 0 Å². The molecule has 0 spiro atoms. The van der Waals surface area contributed by atoms with Crippen LogP contribution in [0.5, 0.6) is 0 Å². The molecule has 0 aliphatic carbocycles. The lowest BCUT2D eigenvalue weighted by Crippen LogP contribution is -2.04. The maximum absolute atomic E-state index is 12.4. The second-order valence-corrected chi connectivity index (χ2v) is 6.74. The average molecular weight is 337 g/mol. The second kappa shape index (κ2) is 15.3. The molecule has 0 aliphatic heterocycles. The van der Waals surface area contributed by atoms with Crippen LogP contribution in [0.15, 0.2) is 24.3 Å². The van der Waals surface area contributed by atoms with E-state index in [0.717, 1.165) is 12.0 Å². The number of hydrogen-bond donors (Lipinski definition) is 2. The molecule has 3 nitrogen and oxygen atoms in total. The molecule has 0 atom stereocenters. The summed E-state index contributed by atoms with van der Waals surface area (Å²) in [4.78, 5) is 12.4. The van der Waals surface area contributed by atoms with Crippen LogP contribution in [0, 0.1) is 0 Å². The first-order chi connectivity index (χ1) is 11.7. The zero-order valence-electron chi connectivity index (χ0n) is 15.8. The van der Waals surface area contributed by atoms with Crippen molar-refractivity contribution >= 4 is 5.78 Å². The third-order valence-electron chi connectivity index (χ3n) is 4.39. The number of Topliss-reactive ketones (excluding diaryl/α,β-unsaturated/α-hetero) is 1. The predicted molar refractivity (Wildman–Crippen MR) is 102 cm³/mol. The van der Waals surface area contributed by atoms with E-state index in [1.807, 2.05) is 18.2 Å². The first-order valence-corrected chi connectivity index (χ1v) is 9.49. The highest BCUT2D eigenvalue weighted by Crippen LogP contribution is 2.21. The molecular weight excluding hydrogens is 300 g/mol. The SMILES string of the molecule is CCCCCCCCCCCC(=O)c1ccccc1C(C)C.OO. The summed E-state index contributed by atoms with van der Waals surface area (Å²) >= 11 is 0. The van der Waals surface area contributed by atoms with Gasteiger partial charge in [0, 0.05) is 12.0 Å². The Kier molecular flexibility index (Phi) is 14.6. The summed E-state index contributed by atoms with van der Waals surface area (Å²) in [6.07, 6.45) is 12.4. The van der Waals surface area contributed by atoms with Crippen molar-refractivity contribution < 1.29 is 15.3 Å². The Labute approximate surface area is 148 Å². The molecule has 0 fully saturated rings. The summed E-state index contributed by atoms with van der Waals surface area (Å²) in [5, 5.41) is 12.0. The van der Waals surface area contributed by atoms with Gasteiger partial charge in [-0.2, -0.15) is 0 Å². The Morgan fingerprint density at radius 1 is 0.875 bits per heavy atom. The van der Waals surface area contributed by atoms with E-state index in [1.54, 1.807) is 0 Å². The van der Waals surface area contributed by atoms with Gasteiger partial charge in [-0.1, -0.05) is 96.4 Å². The van der Waals surface area contributed by atoms with Gasteiger partial charge in [-0.15, -0.1) is 0 Å². The van der Waals surface area contributed by atoms with E-state index in [-0.39, 0.29) is 0 Å². The Balaban J connectivity index is 0.00000254. The number of unbranched alkanes of at least 4 members (excludes halogenated alkanes) is 8. The molecule has 0 aliphatic rings. The third-order valence-corrected chi connectivity index (χ3v) is 4.39. The van der Waals surface area contributed by atoms with Crippen LogP contribution in [-0.4, -0.2) is 16.3 Å². The van der Waals surface area contributed by atoms with Crippen LogP contribution in [-0.2, 0) is 0 Å². The van der Waals surface area contributed by atoms with Gasteiger partial charge in [0.15, 0.2) is 5.78 Å². The van der Waals surface area contributed by atoms with E-state index >= 15 is 0 Å². The van der Waals surface area contributed by atoms with E-state index in [2.05, 4.69) is 26.8 Å². The largest absolute Gasteiger partial charge is 0.294 e. The summed E-state index contributed by atoms with van der Waals surface area (Å²) < 4.78 is 0. The summed E-state index contributed by atoms with van der Waals surface area (Å²) in [5.41, 5.74) is 2.14. The second-order valence-electron chi connectivity index (χ2n) is 6.74. The Morgan fingerprint density at radius 2 is 1.38 bits per heavy atom. The summed E-state index contributed by atoms with van der Waals surface area (Å²) in [5.74, 6) is 0.746. The van der Waals surface area contributed by atoms with E-state index in [1.165, 1.54) is 56.9 Å². The fourth-order valence-electron chi connectivity index (χ4n) is 2.99. The quantitative estimate of drug-likeness (QED) is 0.188. The normalized spacial score (nSPS) is 10.4. The van der Waals surface area contributed by atoms with Crippen molar-refractivity contribution in [2.45, 2.75) is 90.9 Å². The number of ketones is 1. The predicted octanol–water partition coefficient (Wildman–Crippen LogP) is 6.93. The zero-order valence-corrected chi connectivity index (χ0v) is 15.8. The van der Waals surface area contributed by atoms with Crippen LogP contribution in [0.4, 0.5) is 0 Å². The van der Waals surface area contributed by atoms with Gasteiger partial charge in [0.1, 0.15) is 0 Å². The monoisotopic (exact) mass is 336 g/mol. The lowest BCUT2D eigenvalue weighted by Gasteiger charge is -2.11. The molecule has 3 heteroatoms. The van der Waals surface area contributed by atoms with Gasteiger partial charge in [0.2, 0.25) is 0 Å². The molecule has 0 unspecified atom stereocenters. The molecule has 0 heterocycles. The molecule has 0 radical (unpaired) electrons. The fraction of sp³-hybridized carbons (Fsp3) is 0.667. The van der Waals surface area contributed by atoms with E-state index in [0.29, 0.717) is 18.1 Å². The van der Waals surface area contributed by atoms with Crippen molar-refractivity contribution in [3.8, 4) is 0 Å². The standard InChI is InChI=1S/C21H34O.H2O2/c1-4-5-6-7-8-9-10-11-12-17-21(22)20-16-14-13-15-19(20)18(2)3;1-2/h13-16,18H,4-12,17H2,1-3H3;1-2H. The number of carbonyl (C=O) groups is 1. The topological polar surface area (TPSA) is 57.5 Å². The lowest BCUT2D eigenvalue weighted by molar-refractivity contribution is -0.176. The number of benzene rings is 1. The molecule has 24 heavy (non-hydrogen) atoms. The highest BCUT2D eigenvalue weighted by atomic mass is 17.0. The Hall–Kier alpha value is -1.19. The molecule has 0 saturated heterocycles. The minimum absolute atomic E-state index is 0.326. The minimum atomic E-state index is 0.326. The number of hydrogen-bond acceptors (Lipinski definition) is 3. The molecule has 1 aromatic carbocycles. The van der Waals surface area contributed by atoms with E-state index in [4.69, 9.17) is 10.5 Å². The highest BCUT2D eigenvalue weighted by Gasteiger charge is 2.12. The first-order valence-electron chi connectivity index (χ1n) is 9.49. The van der Waals surface area contributed by atoms with Crippen LogP contribution in [0.3, 0.4) is 0 Å². The summed E-state index contributed by atoms with van der Waals surface area (Å²) in [6.45, 7) is 6.57. The molecule has 1 aromatic rings. The first kappa shape index (κ1) is 22.8. The summed E-state index contributed by atoms with van der Waals surface area (Å²) in [7, 11) is 0. The molecule has 0 bridgehead atoms. The molecule has 138 valence electrons. The molecule has 0 aromatic heterocycles. The number of carbonyl (C=O) groups excluding carboxylic acids is 1. The smallest absolute Gasteiger partial charge is 0.163 e. The van der Waals surface area contributed by atoms with Gasteiger partial charge in [0.05, 0.1) is 0 Å². The molecule has 2 N–H and O–H groups in total. The third kappa shape index (κ3) is 9.84. The minimum Gasteiger partial charge on any atom is -0.294 e. The van der Waals surface area contributed by atoms with Crippen molar-refractivity contribution in [1.82, 2.24) is 0 Å². The average Bonchev–Trinajstić information content (AvgIpc) is 2.61. The maximum atomic E-state index is 12.4. The van der Waals surface area contributed by atoms with E-state index in [9.17, 15) is 4.79 Å². The van der Waals surface area contributed by atoms with Gasteiger partial charge in [0.25, 0.3) is 0 Å². The fourth-order valence-corrected chi connectivity index (χ4v) is 2.99. The Morgan fingerprint density at radius 3 is 1.92 bits per heavy atom. The summed E-state index contributed by atoms with van der Waals surface area (Å²) in [6, 6.07) is 8.10. The van der Waals surface area contributed by atoms with Crippen LogP contribution in [0.1, 0.15) is 107 Å². The van der Waals surface area contributed by atoms with Crippen molar-refractivity contribution in [2.24, 2.45) is 0 Å². The van der Waals surface area contributed by atoms with Crippen LogP contribution in [0.2, 0.25) is 0 Å². The van der Waals surface area contributed by atoms with Crippen LogP contribution >= 0.6 is 0 Å². The van der Waals surface area contributed by atoms with Gasteiger partial charge >= 0.3 is 0 Å². The highest BCUT2D eigenvalue weighted by molar-refractivity contribution is 5.97. The van der Waals surface area contributed by atoms with Crippen molar-refractivity contribution in [3.63, 3.8) is 0 Å². The van der Waals surface area contributed by atoms with Crippen LogP contribution < -0.4 is 0 Å². The molecule has 0 amide bonds. The van der Waals surface area contributed by atoms with Crippen molar-refractivity contribution in [2.75, 3.05) is 0 Å². The van der Waals surface area contributed by atoms with Gasteiger partial charge in [-0.25, -0.2) is 0 Å². The Bertz CT molecular complexity index is 427.